The number of benzene rings is 1. The molecule has 0 saturated carbocycles. The van der Waals surface area contributed by atoms with Crippen molar-refractivity contribution in [1.29, 1.82) is 0 Å². The Hall–Kier alpha value is -3.09. The molecule has 2 fully saturated rings. The molecule has 2 saturated heterocycles. The third-order valence-electron chi connectivity index (χ3n) is 5.60. The van der Waals surface area contributed by atoms with Gasteiger partial charge in [0.2, 0.25) is 5.91 Å². The summed E-state index contributed by atoms with van der Waals surface area (Å²) in [5.74, 6) is 0.216. The van der Waals surface area contributed by atoms with Gasteiger partial charge < -0.3 is 14.8 Å². The van der Waals surface area contributed by atoms with Crippen molar-refractivity contribution in [2.45, 2.75) is 25.3 Å². The van der Waals surface area contributed by atoms with Gasteiger partial charge in [-0.3, -0.25) is 14.3 Å². The molecule has 2 amide bonds. The molecule has 0 aliphatic carbocycles. The Bertz CT molecular complexity index is 1020. The summed E-state index contributed by atoms with van der Waals surface area (Å²) in [4.78, 5) is 31.6. The van der Waals surface area contributed by atoms with Gasteiger partial charge in [-0.25, -0.2) is 0 Å². The molecule has 1 unspecified atom stereocenters. The fourth-order valence-corrected chi connectivity index (χ4v) is 4.09. The minimum absolute atomic E-state index is 0.0519. The normalized spacial score (nSPS) is 20.1. The van der Waals surface area contributed by atoms with Crippen LogP contribution in [0.1, 0.15) is 35.7 Å². The number of fused-ring (bicyclic) bond motifs is 1. The first-order valence-electron chi connectivity index (χ1n) is 9.40. The Morgan fingerprint density at radius 2 is 2.15 bits per heavy atom. The van der Waals surface area contributed by atoms with Gasteiger partial charge in [0.05, 0.1) is 17.9 Å². The highest BCUT2D eigenvalue weighted by Crippen LogP contribution is 2.27. The Balaban J connectivity index is 1.30. The minimum Gasteiger partial charge on any atom is -0.361 e. The number of aromatic nitrogens is 3. The summed E-state index contributed by atoms with van der Waals surface area (Å²) < 4.78 is 1.91. The number of likely N-dealkylation sites (tertiary alicyclic amines) is 1. The van der Waals surface area contributed by atoms with Gasteiger partial charge in [0.1, 0.15) is 0 Å². The van der Waals surface area contributed by atoms with E-state index in [0.717, 1.165) is 36.0 Å². The van der Waals surface area contributed by atoms with Crippen LogP contribution in [0.25, 0.3) is 10.9 Å². The van der Waals surface area contributed by atoms with Crippen molar-refractivity contribution in [3.05, 3.63) is 48.4 Å². The zero-order chi connectivity index (χ0) is 18.4. The van der Waals surface area contributed by atoms with Crippen molar-refractivity contribution >= 4 is 28.4 Å². The number of hydrogen-bond donors (Lipinski definition) is 1. The van der Waals surface area contributed by atoms with E-state index < -0.39 is 0 Å². The van der Waals surface area contributed by atoms with Crippen LogP contribution in [-0.4, -0.2) is 51.1 Å². The van der Waals surface area contributed by atoms with E-state index in [1.165, 1.54) is 0 Å². The second-order valence-electron chi connectivity index (χ2n) is 7.30. The van der Waals surface area contributed by atoms with E-state index in [1.807, 2.05) is 46.2 Å². The van der Waals surface area contributed by atoms with E-state index in [-0.39, 0.29) is 17.9 Å². The lowest BCUT2D eigenvalue weighted by molar-refractivity contribution is -0.117. The van der Waals surface area contributed by atoms with Gasteiger partial charge in [0, 0.05) is 49.5 Å². The van der Waals surface area contributed by atoms with Crippen molar-refractivity contribution in [3.63, 3.8) is 0 Å². The van der Waals surface area contributed by atoms with Crippen LogP contribution in [-0.2, 0) is 4.79 Å². The number of nitrogens with one attached hydrogen (secondary N) is 1. The molecule has 0 bridgehead atoms. The Kier molecular flexibility index (Phi) is 3.74. The average molecular weight is 363 g/mol. The molecule has 2 aliphatic rings. The maximum absolute atomic E-state index is 12.9. The molecule has 1 N–H and O–H groups in total. The largest absolute Gasteiger partial charge is 0.361 e. The van der Waals surface area contributed by atoms with Gasteiger partial charge in [0.25, 0.3) is 5.91 Å². The molecule has 138 valence electrons. The predicted molar refractivity (Wildman–Crippen MR) is 102 cm³/mol. The Labute approximate surface area is 156 Å². The molecule has 5 rings (SSSR count). The van der Waals surface area contributed by atoms with Crippen molar-refractivity contribution in [2.75, 3.05) is 24.5 Å². The summed E-state index contributed by atoms with van der Waals surface area (Å²) in [6, 6.07) is 7.91. The lowest BCUT2D eigenvalue weighted by Crippen LogP contribution is -2.29. The molecule has 4 heterocycles. The number of amides is 2. The zero-order valence-electron chi connectivity index (χ0n) is 15.0. The van der Waals surface area contributed by atoms with Crippen LogP contribution in [0.3, 0.4) is 0 Å². The van der Waals surface area contributed by atoms with Crippen molar-refractivity contribution in [1.82, 2.24) is 19.7 Å². The lowest BCUT2D eigenvalue weighted by atomic mass is 10.1. The van der Waals surface area contributed by atoms with Crippen LogP contribution >= 0.6 is 0 Å². The van der Waals surface area contributed by atoms with E-state index in [1.54, 1.807) is 11.1 Å². The maximum Gasteiger partial charge on any atom is 0.254 e. The van der Waals surface area contributed by atoms with Crippen molar-refractivity contribution in [3.8, 4) is 0 Å². The summed E-state index contributed by atoms with van der Waals surface area (Å²) in [5, 5.41) is 5.56. The highest BCUT2D eigenvalue weighted by Gasteiger charge is 2.30. The maximum atomic E-state index is 12.9. The summed E-state index contributed by atoms with van der Waals surface area (Å²) in [6.45, 7) is 2.11. The van der Waals surface area contributed by atoms with E-state index in [9.17, 15) is 9.59 Å². The van der Waals surface area contributed by atoms with Gasteiger partial charge in [0.15, 0.2) is 0 Å². The zero-order valence-corrected chi connectivity index (χ0v) is 15.0. The monoisotopic (exact) mass is 363 g/mol. The van der Waals surface area contributed by atoms with Gasteiger partial charge in [-0.05, 0) is 36.4 Å². The Morgan fingerprint density at radius 3 is 3.00 bits per heavy atom. The molecule has 27 heavy (non-hydrogen) atoms. The number of anilines is 1. The summed E-state index contributed by atoms with van der Waals surface area (Å²) >= 11 is 0. The van der Waals surface area contributed by atoms with Crippen LogP contribution in [0, 0.1) is 0 Å². The number of carbonyl (C=O) groups excluding carboxylic acids is 2. The number of H-pyrrole nitrogens is 1. The van der Waals surface area contributed by atoms with Crippen LogP contribution in [0.2, 0.25) is 0 Å². The fourth-order valence-electron chi connectivity index (χ4n) is 4.09. The summed E-state index contributed by atoms with van der Waals surface area (Å²) in [7, 11) is 0. The van der Waals surface area contributed by atoms with Crippen LogP contribution in [0.5, 0.6) is 0 Å². The third-order valence-corrected chi connectivity index (χ3v) is 5.60. The van der Waals surface area contributed by atoms with E-state index in [4.69, 9.17) is 0 Å². The number of aromatic amines is 1. The van der Waals surface area contributed by atoms with Gasteiger partial charge >= 0.3 is 0 Å². The molecule has 2 aromatic heterocycles. The first-order chi connectivity index (χ1) is 13.2. The van der Waals surface area contributed by atoms with Crippen LogP contribution < -0.4 is 4.90 Å². The first-order valence-corrected chi connectivity index (χ1v) is 9.40. The molecule has 0 radical (unpaired) electrons. The third kappa shape index (κ3) is 2.79. The number of nitrogens with zero attached hydrogens (tertiary/aromatic N) is 4. The topological polar surface area (TPSA) is 74.2 Å². The molecule has 1 aromatic carbocycles. The summed E-state index contributed by atoms with van der Waals surface area (Å²) in [5.41, 5.74) is 2.54. The quantitative estimate of drug-likeness (QED) is 0.777. The van der Waals surface area contributed by atoms with Crippen molar-refractivity contribution in [2.24, 2.45) is 0 Å². The number of hydrogen-bond acceptors (Lipinski definition) is 3. The molecule has 2 aliphatic heterocycles. The highest BCUT2D eigenvalue weighted by molar-refractivity contribution is 5.98. The summed E-state index contributed by atoms with van der Waals surface area (Å²) in [6.07, 6.45) is 7.96. The molecule has 3 aromatic rings. The molecule has 7 heteroatoms. The minimum atomic E-state index is 0.0519. The highest BCUT2D eigenvalue weighted by atomic mass is 16.2. The van der Waals surface area contributed by atoms with E-state index >= 15 is 0 Å². The first kappa shape index (κ1) is 16.1. The number of rotatable bonds is 3. The van der Waals surface area contributed by atoms with Crippen LogP contribution in [0.15, 0.2) is 42.9 Å². The molecule has 0 spiro atoms. The van der Waals surface area contributed by atoms with Gasteiger partial charge in [-0.15, -0.1) is 0 Å². The Morgan fingerprint density at radius 1 is 1.22 bits per heavy atom. The molecular weight excluding hydrogens is 342 g/mol. The smallest absolute Gasteiger partial charge is 0.254 e. The van der Waals surface area contributed by atoms with E-state index in [2.05, 4.69) is 10.1 Å². The SMILES string of the molecule is O=C(c1ccc2cc[nH]c2c1)N1CCC(n2cc(N3CCCC3=O)cn2)C1. The van der Waals surface area contributed by atoms with Crippen molar-refractivity contribution < 1.29 is 9.59 Å². The van der Waals surface area contributed by atoms with Gasteiger partial charge in [-0.1, -0.05) is 6.07 Å². The molecule has 1 atom stereocenters. The second kappa shape index (κ2) is 6.26. The number of carbonyl (C=O) groups is 2. The predicted octanol–water partition coefficient (Wildman–Crippen LogP) is 2.58. The molecule has 7 nitrogen and oxygen atoms in total. The second-order valence-corrected chi connectivity index (χ2v) is 7.30. The fraction of sp³-hybridized carbons (Fsp3) is 0.350. The van der Waals surface area contributed by atoms with Crippen LogP contribution in [0.4, 0.5) is 5.69 Å². The standard InChI is InChI=1S/C20H21N5O2/c26-19-2-1-8-24(19)17-11-22-25(13-17)16-6-9-23(12-16)20(27)15-4-3-14-5-7-21-18(14)10-15/h3-5,7,10-11,13,16,21H,1-2,6,8-9,12H2. The van der Waals surface area contributed by atoms with E-state index in [0.29, 0.717) is 25.1 Å². The molecular formula is C20H21N5O2. The lowest BCUT2D eigenvalue weighted by Gasteiger charge is -2.17. The average Bonchev–Trinajstić information content (AvgIpc) is 3.44. The van der Waals surface area contributed by atoms with Gasteiger partial charge in [-0.2, -0.15) is 5.10 Å².